The Hall–Kier alpha value is -2.67. The van der Waals surface area contributed by atoms with Crippen LogP contribution in [-0.2, 0) is 17.8 Å². The van der Waals surface area contributed by atoms with Gasteiger partial charge in [0.15, 0.2) is 0 Å². The summed E-state index contributed by atoms with van der Waals surface area (Å²) in [5, 5.41) is 6.72. The van der Waals surface area contributed by atoms with Crippen molar-refractivity contribution in [3.8, 4) is 17.1 Å². The molecule has 0 saturated heterocycles. The number of ether oxygens (including phenoxy) is 1. The van der Waals surface area contributed by atoms with Crippen LogP contribution in [0.4, 0.5) is 0 Å². The highest BCUT2D eigenvalue weighted by molar-refractivity contribution is 9.10. The normalized spacial score (nSPS) is 10.5. The van der Waals surface area contributed by atoms with Crippen LogP contribution in [-0.4, -0.2) is 23.2 Å². The van der Waals surface area contributed by atoms with E-state index in [0.29, 0.717) is 17.5 Å². The Kier molecular flexibility index (Phi) is 5.45. The summed E-state index contributed by atoms with van der Waals surface area (Å²) in [4.78, 5) is 16.3. The largest absolute Gasteiger partial charge is 0.497 e. The molecule has 0 aliphatic carbocycles. The van der Waals surface area contributed by atoms with Gasteiger partial charge in [0.25, 0.3) is 0 Å². The van der Waals surface area contributed by atoms with Gasteiger partial charge in [-0.05, 0) is 29.8 Å². The number of hydrogen-bond acceptors (Lipinski definition) is 5. The van der Waals surface area contributed by atoms with Crippen molar-refractivity contribution in [1.29, 1.82) is 0 Å². The van der Waals surface area contributed by atoms with Crippen LogP contribution in [0.25, 0.3) is 11.4 Å². The molecule has 0 fully saturated rings. The van der Waals surface area contributed by atoms with E-state index in [2.05, 4.69) is 31.4 Å². The Morgan fingerprint density at radius 3 is 2.88 bits per heavy atom. The van der Waals surface area contributed by atoms with Crippen molar-refractivity contribution in [2.45, 2.75) is 13.0 Å². The zero-order valence-corrected chi connectivity index (χ0v) is 15.1. The van der Waals surface area contributed by atoms with Gasteiger partial charge in [-0.2, -0.15) is 4.98 Å². The Morgan fingerprint density at radius 2 is 2.08 bits per heavy atom. The van der Waals surface area contributed by atoms with E-state index in [1.54, 1.807) is 7.11 Å². The van der Waals surface area contributed by atoms with Gasteiger partial charge in [-0.15, -0.1) is 0 Å². The maximum Gasteiger partial charge on any atom is 0.246 e. The predicted molar refractivity (Wildman–Crippen MR) is 96.0 cm³/mol. The van der Waals surface area contributed by atoms with Crippen LogP contribution < -0.4 is 10.1 Å². The molecule has 128 valence electrons. The zero-order valence-electron chi connectivity index (χ0n) is 13.5. The van der Waals surface area contributed by atoms with Crippen LogP contribution >= 0.6 is 15.9 Å². The Balaban J connectivity index is 1.59. The average molecular weight is 402 g/mol. The second kappa shape index (κ2) is 7.94. The molecule has 0 unspecified atom stereocenters. The fourth-order valence-electron chi connectivity index (χ4n) is 2.28. The molecule has 0 aliphatic heterocycles. The third-order valence-electron chi connectivity index (χ3n) is 3.49. The first-order chi connectivity index (χ1) is 12.1. The zero-order chi connectivity index (χ0) is 17.6. The number of nitrogens with one attached hydrogen (secondary N) is 1. The van der Waals surface area contributed by atoms with E-state index in [-0.39, 0.29) is 18.9 Å². The molecule has 3 rings (SSSR count). The van der Waals surface area contributed by atoms with Gasteiger partial charge in [0, 0.05) is 10.0 Å². The molecule has 0 aliphatic rings. The number of aromatic nitrogens is 2. The van der Waals surface area contributed by atoms with Gasteiger partial charge in [-0.1, -0.05) is 45.4 Å². The number of amides is 1. The Labute approximate surface area is 153 Å². The number of carbonyl (C=O) groups excluding carboxylic acids is 1. The monoisotopic (exact) mass is 401 g/mol. The molecule has 0 spiro atoms. The molecule has 25 heavy (non-hydrogen) atoms. The minimum atomic E-state index is -0.112. The maximum absolute atomic E-state index is 12.0. The molecule has 6 nitrogen and oxygen atoms in total. The van der Waals surface area contributed by atoms with E-state index < -0.39 is 0 Å². The average Bonchev–Trinajstić information content (AvgIpc) is 3.09. The van der Waals surface area contributed by atoms with Crippen LogP contribution in [0, 0.1) is 0 Å². The predicted octanol–water partition coefficient (Wildman–Crippen LogP) is 3.37. The number of benzene rings is 2. The Bertz CT molecular complexity index is 879. The van der Waals surface area contributed by atoms with E-state index in [9.17, 15) is 4.79 Å². The van der Waals surface area contributed by atoms with Crippen molar-refractivity contribution in [3.63, 3.8) is 0 Å². The lowest BCUT2D eigenvalue weighted by molar-refractivity contribution is -0.120. The summed E-state index contributed by atoms with van der Waals surface area (Å²) in [5.41, 5.74) is 1.71. The van der Waals surface area contributed by atoms with Gasteiger partial charge in [-0.3, -0.25) is 4.79 Å². The molecule has 2 aromatic carbocycles. The smallest absolute Gasteiger partial charge is 0.246 e. The van der Waals surface area contributed by atoms with Crippen LogP contribution in [0.2, 0.25) is 0 Å². The lowest BCUT2D eigenvalue weighted by Crippen LogP contribution is -2.24. The summed E-state index contributed by atoms with van der Waals surface area (Å²) in [6, 6.07) is 15.0. The standard InChI is InChI=1S/C18H16BrN3O3/c1-24-15-7-3-5-13(10-15)18-21-17(25-22-18)11-20-16(23)9-12-4-2-6-14(19)8-12/h2-8,10H,9,11H2,1H3,(H,20,23). The molecule has 0 atom stereocenters. The van der Waals surface area contributed by atoms with Gasteiger partial charge in [-0.25, -0.2) is 0 Å². The van der Waals surface area contributed by atoms with Gasteiger partial charge in [0.05, 0.1) is 20.1 Å². The quantitative estimate of drug-likeness (QED) is 0.684. The molecule has 0 radical (unpaired) electrons. The first kappa shape index (κ1) is 17.2. The van der Waals surface area contributed by atoms with Crippen LogP contribution in [0.15, 0.2) is 57.5 Å². The third-order valence-corrected chi connectivity index (χ3v) is 3.98. The van der Waals surface area contributed by atoms with Crippen LogP contribution in [0.3, 0.4) is 0 Å². The number of nitrogens with zero attached hydrogens (tertiary/aromatic N) is 2. The first-order valence-electron chi connectivity index (χ1n) is 7.62. The number of halogens is 1. The summed E-state index contributed by atoms with van der Waals surface area (Å²) in [7, 11) is 1.60. The fraction of sp³-hybridized carbons (Fsp3) is 0.167. The number of methoxy groups -OCH3 is 1. The van der Waals surface area contributed by atoms with Gasteiger partial charge >= 0.3 is 0 Å². The summed E-state index contributed by atoms with van der Waals surface area (Å²) >= 11 is 3.39. The van der Waals surface area contributed by atoms with Gasteiger partial charge in [0.1, 0.15) is 5.75 Å². The third kappa shape index (κ3) is 4.67. The molecule has 0 saturated carbocycles. The van der Waals surface area contributed by atoms with E-state index >= 15 is 0 Å². The molecule has 0 bridgehead atoms. The summed E-state index contributed by atoms with van der Waals surface area (Å²) in [6.07, 6.45) is 0.288. The van der Waals surface area contributed by atoms with E-state index in [1.807, 2.05) is 48.5 Å². The number of carbonyl (C=O) groups is 1. The second-order valence-corrected chi connectivity index (χ2v) is 6.24. The highest BCUT2D eigenvalue weighted by Crippen LogP contribution is 2.21. The lowest BCUT2D eigenvalue weighted by Gasteiger charge is -2.03. The topological polar surface area (TPSA) is 77.3 Å². The molecular weight excluding hydrogens is 386 g/mol. The van der Waals surface area contributed by atoms with Crippen molar-refractivity contribution in [1.82, 2.24) is 15.5 Å². The first-order valence-corrected chi connectivity index (χ1v) is 8.41. The van der Waals surface area contributed by atoms with E-state index in [1.165, 1.54) is 0 Å². The highest BCUT2D eigenvalue weighted by atomic mass is 79.9. The molecule has 7 heteroatoms. The summed E-state index contributed by atoms with van der Waals surface area (Å²) < 4.78 is 11.3. The van der Waals surface area contributed by atoms with Crippen molar-refractivity contribution in [2.24, 2.45) is 0 Å². The van der Waals surface area contributed by atoms with Crippen molar-refractivity contribution >= 4 is 21.8 Å². The lowest BCUT2D eigenvalue weighted by atomic mass is 10.1. The minimum Gasteiger partial charge on any atom is -0.497 e. The molecule has 1 aromatic heterocycles. The molecule has 1 heterocycles. The summed E-state index contributed by atoms with van der Waals surface area (Å²) in [5.74, 6) is 1.40. The van der Waals surface area contributed by atoms with E-state index in [4.69, 9.17) is 9.26 Å². The van der Waals surface area contributed by atoms with Crippen molar-refractivity contribution in [3.05, 3.63) is 64.5 Å². The van der Waals surface area contributed by atoms with Crippen LogP contribution in [0.5, 0.6) is 5.75 Å². The molecular formula is C18H16BrN3O3. The van der Waals surface area contributed by atoms with Crippen molar-refractivity contribution < 1.29 is 14.1 Å². The SMILES string of the molecule is COc1cccc(-c2noc(CNC(=O)Cc3cccc(Br)c3)n2)c1. The number of hydrogen-bond donors (Lipinski definition) is 1. The van der Waals surface area contributed by atoms with Gasteiger partial charge in [0.2, 0.25) is 17.6 Å². The molecule has 3 aromatic rings. The molecule has 1 amide bonds. The number of rotatable bonds is 6. The fourth-order valence-corrected chi connectivity index (χ4v) is 2.72. The molecule has 1 N–H and O–H groups in total. The van der Waals surface area contributed by atoms with Gasteiger partial charge < -0.3 is 14.6 Å². The van der Waals surface area contributed by atoms with Crippen molar-refractivity contribution in [2.75, 3.05) is 7.11 Å². The van der Waals surface area contributed by atoms with E-state index in [0.717, 1.165) is 15.6 Å². The second-order valence-electron chi connectivity index (χ2n) is 5.33. The van der Waals surface area contributed by atoms with Crippen LogP contribution in [0.1, 0.15) is 11.5 Å². The minimum absolute atomic E-state index is 0.112. The highest BCUT2D eigenvalue weighted by Gasteiger charge is 2.11. The maximum atomic E-state index is 12.0. The Morgan fingerprint density at radius 1 is 1.24 bits per heavy atom. The summed E-state index contributed by atoms with van der Waals surface area (Å²) in [6.45, 7) is 0.184.